The van der Waals surface area contributed by atoms with E-state index in [0.29, 0.717) is 17.9 Å². The van der Waals surface area contributed by atoms with Gasteiger partial charge in [0.15, 0.2) is 11.0 Å². The molecule has 0 radical (unpaired) electrons. The number of methoxy groups -OCH3 is 1. The third-order valence-electron chi connectivity index (χ3n) is 3.97. The molecule has 0 bridgehead atoms. The Kier molecular flexibility index (Phi) is 8.77. The second-order valence-corrected chi connectivity index (χ2v) is 10.4. The van der Waals surface area contributed by atoms with Gasteiger partial charge in [0, 0.05) is 11.4 Å². The summed E-state index contributed by atoms with van der Waals surface area (Å²) in [6.07, 6.45) is 3.13. The van der Waals surface area contributed by atoms with E-state index in [4.69, 9.17) is 4.74 Å². The largest absolute Gasteiger partial charge is 0.479 e. The average Bonchev–Trinajstić information content (AvgIpc) is 2.65. The molecule has 172 valence electrons. The van der Waals surface area contributed by atoms with Gasteiger partial charge < -0.3 is 15.2 Å². The Morgan fingerprint density at radius 3 is 2.45 bits per heavy atom. The Morgan fingerprint density at radius 2 is 1.90 bits per heavy atom. The van der Waals surface area contributed by atoms with E-state index < -0.39 is 15.8 Å². The molecule has 0 saturated carbocycles. The maximum Gasteiger partial charge on any atom is 0.250 e. The summed E-state index contributed by atoms with van der Waals surface area (Å²) < 4.78 is 44.4. The van der Waals surface area contributed by atoms with Gasteiger partial charge in [0.1, 0.15) is 0 Å². The third kappa shape index (κ3) is 8.07. The molecular formula is C18H27FN6O4S2. The molecule has 2 aromatic heterocycles. The number of ether oxygens (including phenoxy) is 1. The van der Waals surface area contributed by atoms with E-state index in [-0.39, 0.29) is 40.8 Å². The SMILES string of the molecule is COc1ncc([C@H](C)Sc2nc(N[C@@H](CO)CC(C)C)nc(NS(C)(=O)=O)n2)cc1F. The predicted molar refractivity (Wildman–Crippen MR) is 117 cm³/mol. The van der Waals surface area contributed by atoms with Crippen LogP contribution in [0.1, 0.15) is 38.0 Å². The van der Waals surface area contributed by atoms with E-state index in [1.54, 1.807) is 0 Å². The van der Waals surface area contributed by atoms with Gasteiger partial charge >= 0.3 is 0 Å². The highest BCUT2D eigenvalue weighted by Gasteiger charge is 2.18. The summed E-state index contributed by atoms with van der Waals surface area (Å²) in [7, 11) is -2.29. The molecule has 0 aromatic carbocycles. The average molecular weight is 475 g/mol. The van der Waals surface area contributed by atoms with E-state index in [2.05, 4.69) is 30.0 Å². The van der Waals surface area contributed by atoms with Crippen LogP contribution in [0.25, 0.3) is 0 Å². The number of thioether (sulfide) groups is 1. The van der Waals surface area contributed by atoms with Crippen LogP contribution in [0.3, 0.4) is 0 Å². The molecular weight excluding hydrogens is 447 g/mol. The normalized spacial score (nSPS) is 13.7. The fourth-order valence-electron chi connectivity index (χ4n) is 2.65. The minimum Gasteiger partial charge on any atom is -0.479 e. The van der Waals surface area contributed by atoms with Crippen molar-refractivity contribution in [1.29, 1.82) is 0 Å². The summed E-state index contributed by atoms with van der Waals surface area (Å²) in [5.74, 6) is -0.423. The molecule has 10 nitrogen and oxygen atoms in total. The summed E-state index contributed by atoms with van der Waals surface area (Å²) in [6.45, 7) is 5.69. The first-order valence-electron chi connectivity index (χ1n) is 9.48. The zero-order chi connectivity index (χ0) is 23.2. The van der Waals surface area contributed by atoms with Gasteiger partial charge in [0.05, 0.1) is 26.0 Å². The summed E-state index contributed by atoms with van der Waals surface area (Å²) >= 11 is 1.17. The quantitative estimate of drug-likeness (QED) is 0.416. The van der Waals surface area contributed by atoms with Crippen LogP contribution in [0.4, 0.5) is 16.3 Å². The van der Waals surface area contributed by atoms with Crippen molar-refractivity contribution in [1.82, 2.24) is 19.9 Å². The number of anilines is 2. The van der Waals surface area contributed by atoms with Crippen LogP contribution in [0.5, 0.6) is 5.88 Å². The van der Waals surface area contributed by atoms with E-state index in [9.17, 15) is 17.9 Å². The Balaban J connectivity index is 2.31. The van der Waals surface area contributed by atoms with Crippen molar-refractivity contribution in [3.63, 3.8) is 0 Å². The molecule has 0 spiro atoms. The second-order valence-electron chi connectivity index (χ2n) is 7.31. The van der Waals surface area contributed by atoms with Gasteiger partial charge in [-0.1, -0.05) is 25.6 Å². The molecule has 0 fully saturated rings. The standard InChI is InChI=1S/C18H27FN6O4S2/c1-10(2)6-13(9-26)21-16-22-17(25-31(5,27)28)24-18(23-16)30-11(3)12-7-14(19)15(29-4)20-8-12/h7-8,10-11,13,26H,6,9H2,1-5H3,(H2,21,22,23,24,25)/t11-,13+/m0/s1. The van der Waals surface area contributed by atoms with Crippen LogP contribution in [0.15, 0.2) is 17.4 Å². The maximum absolute atomic E-state index is 14.0. The van der Waals surface area contributed by atoms with Crippen molar-refractivity contribution >= 4 is 33.7 Å². The molecule has 2 aromatic rings. The number of nitrogens with zero attached hydrogens (tertiary/aromatic N) is 4. The van der Waals surface area contributed by atoms with E-state index in [0.717, 1.165) is 6.26 Å². The van der Waals surface area contributed by atoms with Crippen LogP contribution >= 0.6 is 11.8 Å². The van der Waals surface area contributed by atoms with E-state index in [1.807, 2.05) is 20.8 Å². The minimum atomic E-state index is -3.62. The van der Waals surface area contributed by atoms with Gasteiger partial charge in [-0.2, -0.15) is 15.0 Å². The lowest BCUT2D eigenvalue weighted by atomic mass is 10.0. The first-order chi connectivity index (χ1) is 14.5. The number of hydrogen-bond acceptors (Lipinski definition) is 10. The summed E-state index contributed by atoms with van der Waals surface area (Å²) in [4.78, 5) is 16.5. The number of sulfonamides is 1. The number of hydrogen-bond donors (Lipinski definition) is 3. The molecule has 0 saturated heterocycles. The van der Waals surface area contributed by atoms with Crippen LogP contribution in [-0.4, -0.2) is 59.5 Å². The van der Waals surface area contributed by atoms with Crippen molar-refractivity contribution in [3.05, 3.63) is 23.6 Å². The van der Waals surface area contributed by atoms with Crippen LogP contribution in [0, 0.1) is 11.7 Å². The third-order valence-corrected chi connectivity index (χ3v) is 5.55. The van der Waals surface area contributed by atoms with Crippen molar-refractivity contribution in [2.75, 3.05) is 30.0 Å². The number of aromatic nitrogens is 4. The first-order valence-corrected chi connectivity index (χ1v) is 12.2. The number of aliphatic hydroxyl groups is 1. The summed E-state index contributed by atoms with van der Waals surface area (Å²) in [5, 5.41) is 12.5. The molecule has 0 unspecified atom stereocenters. The highest BCUT2D eigenvalue weighted by molar-refractivity contribution is 7.99. The molecule has 2 atom stereocenters. The van der Waals surface area contributed by atoms with Crippen molar-refractivity contribution in [2.45, 2.75) is 43.6 Å². The monoisotopic (exact) mass is 474 g/mol. The zero-order valence-corrected chi connectivity index (χ0v) is 19.6. The van der Waals surface area contributed by atoms with Gasteiger partial charge in [0.25, 0.3) is 0 Å². The molecule has 0 aliphatic carbocycles. The topological polar surface area (TPSA) is 139 Å². The molecule has 2 rings (SSSR count). The predicted octanol–water partition coefficient (Wildman–Crippen LogP) is 2.46. The number of rotatable bonds is 11. The number of halogens is 1. The van der Waals surface area contributed by atoms with Gasteiger partial charge in [-0.25, -0.2) is 17.8 Å². The fourth-order valence-corrected chi connectivity index (χ4v) is 3.94. The lowest BCUT2D eigenvalue weighted by Gasteiger charge is -2.19. The molecule has 0 aliphatic heterocycles. The van der Waals surface area contributed by atoms with Gasteiger partial charge in [-0.3, -0.25) is 4.72 Å². The lowest BCUT2D eigenvalue weighted by molar-refractivity contribution is 0.259. The zero-order valence-electron chi connectivity index (χ0n) is 18.0. The van der Waals surface area contributed by atoms with E-state index >= 15 is 0 Å². The molecule has 0 aliphatic rings. The maximum atomic E-state index is 14.0. The lowest BCUT2D eigenvalue weighted by Crippen LogP contribution is -2.27. The summed E-state index contributed by atoms with van der Waals surface area (Å²) in [5.41, 5.74) is 0.573. The number of aliphatic hydroxyl groups excluding tert-OH is 1. The van der Waals surface area contributed by atoms with Gasteiger partial charge in [-0.05, 0) is 30.9 Å². The van der Waals surface area contributed by atoms with Crippen molar-refractivity contribution < 1.29 is 22.7 Å². The minimum absolute atomic E-state index is 0.104. The molecule has 13 heteroatoms. The first kappa shape index (κ1) is 25.0. The van der Waals surface area contributed by atoms with Gasteiger partial charge in [0.2, 0.25) is 27.8 Å². The van der Waals surface area contributed by atoms with E-state index in [1.165, 1.54) is 31.1 Å². The number of nitrogens with one attached hydrogen (secondary N) is 2. The van der Waals surface area contributed by atoms with Crippen LogP contribution in [-0.2, 0) is 10.0 Å². The smallest absolute Gasteiger partial charge is 0.250 e. The Labute approximate surface area is 185 Å². The highest BCUT2D eigenvalue weighted by atomic mass is 32.2. The molecule has 31 heavy (non-hydrogen) atoms. The highest BCUT2D eigenvalue weighted by Crippen LogP contribution is 2.34. The summed E-state index contributed by atoms with van der Waals surface area (Å²) in [6, 6.07) is 0.993. The van der Waals surface area contributed by atoms with Crippen molar-refractivity contribution in [3.8, 4) is 5.88 Å². The van der Waals surface area contributed by atoms with Crippen LogP contribution in [0.2, 0.25) is 0 Å². The van der Waals surface area contributed by atoms with Crippen LogP contribution < -0.4 is 14.8 Å². The molecule has 2 heterocycles. The molecule has 3 N–H and O–H groups in total. The Bertz CT molecular complexity index is 993. The second kappa shape index (κ2) is 10.9. The fraction of sp³-hybridized carbons (Fsp3) is 0.556. The Morgan fingerprint density at radius 1 is 1.23 bits per heavy atom. The Hall–Kier alpha value is -2.25. The van der Waals surface area contributed by atoms with Gasteiger partial charge in [-0.15, -0.1) is 0 Å². The number of pyridine rings is 1. The molecule has 0 amide bonds. The van der Waals surface area contributed by atoms with Crippen molar-refractivity contribution in [2.24, 2.45) is 5.92 Å².